The van der Waals surface area contributed by atoms with Crippen LogP contribution in [0.3, 0.4) is 0 Å². The number of aromatic hydroxyl groups is 2. The van der Waals surface area contributed by atoms with Gasteiger partial charge in [-0.1, -0.05) is 12.1 Å². The zero-order valence-corrected chi connectivity index (χ0v) is 19.8. The molecule has 8 rings (SSSR count). The number of phenols is 2. The lowest BCUT2D eigenvalue weighted by Crippen LogP contribution is -2.78. The molecule has 186 valence electrons. The van der Waals surface area contributed by atoms with Gasteiger partial charge in [-0.3, -0.25) is 19.4 Å². The maximum atomic E-state index is 13.5. The fourth-order valence-corrected chi connectivity index (χ4v) is 8.31. The van der Waals surface area contributed by atoms with Crippen LogP contribution in [0.15, 0.2) is 30.3 Å². The molecule has 3 fully saturated rings. The number of nitrogens with zero attached hydrogens (tertiary/aromatic N) is 2. The number of fused-ring (bicyclic) bond motifs is 1. The van der Waals surface area contributed by atoms with E-state index in [0.717, 1.165) is 24.2 Å². The Morgan fingerprint density at radius 1 is 1.00 bits per heavy atom. The number of rotatable bonds is 3. The molecule has 3 aliphatic heterocycles. The van der Waals surface area contributed by atoms with Gasteiger partial charge in [0.15, 0.2) is 11.5 Å². The normalized spacial score (nSPS) is 36.0. The van der Waals surface area contributed by atoms with E-state index in [-0.39, 0.29) is 28.7 Å². The lowest BCUT2D eigenvalue weighted by atomic mass is 9.48. The maximum absolute atomic E-state index is 13.5. The molecule has 8 heteroatoms. The van der Waals surface area contributed by atoms with Crippen molar-refractivity contribution in [1.29, 1.82) is 0 Å². The van der Waals surface area contributed by atoms with Gasteiger partial charge in [-0.25, -0.2) is 0 Å². The Balaban J connectivity index is 1.28. The van der Waals surface area contributed by atoms with Crippen LogP contribution in [0, 0.1) is 5.92 Å². The highest BCUT2D eigenvalue weighted by molar-refractivity contribution is 6.22. The van der Waals surface area contributed by atoms with Crippen LogP contribution < -0.4 is 4.74 Å². The van der Waals surface area contributed by atoms with Gasteiger partial charge in [-0.2, -0.15) is 0 Å². The van der Waals surface area contributed by atoms with Crippen LogP contribution in [-0.2, 0) is 11.8 Å². The highest BCUT2D eigenvalue weighted by atomic mass is 16.5. The third-order valence-corrected chi connectivity index (χ3v) is 9.99. The van der Waals surface area contributed by atoms with Crippen molar-refractivity contribution in [3.05, 3.63) is 52.6 Å². The monoisotopic (exact) mass is 488 g/mol. The fourth-order valence-electron chi connectivity index (χ4n) is 8.31. The summed E-state index contributed by atoms with van der Waals surface area (Å²) >= 11 is 0. The molecule has 0 unspecified atom stereocenters. The highest BCUT2D eigenvalue weighted by Gasteiger charge is 2.74. The third-order valence-electron chi connectivity index (χ3n) is 9.99. The predicted octanol–water partition coefficient (Wildman–Crippen LogP) is 2.33. The molecule has 3 heterocycles. The van der Waals surface area contributed by atoms with E-state index in [1.54, 1.807) is 18.2 Å². The summed E-state index contributed by atoms with van der Waals surface area (Å²) in [6.07, 6.45) is 3.95. The number of likely N-dealkylation sites (tertiary alicyclic amines) is 1. The first kappa shape index (κ1) is 21.0. The lowest BCUT2D eigenvalue weighted by Gasteiger charge is -2.64. The zero-order chi connectivity index (χ0) is 24.6. The summed E-state index contributed by atoms with van der Waals surface area (Å²) in [7, 11) is 0. The Morgan fingerprint density at radius 3 is 2.61 bits per heavy atom. The van der Waals surface area contributed by atoms with Crippen LogP contribution in [0.25, 0.3) is 0 Å². The van der Waals surface area contributed by atoms with E-state index in [1.165, 1.54) is 23.8 Å². The van der Waals surface area contributed by atoms with Gasteiger partial charge in [0.05, 0.1) is 28.2 Å². The van der Waals surface area contributed by atoms with Gasteiger partial charge in [0.25, 0.3) is 11.8 Å². The second-order valence-electron chi connectivity index (χ2n) is 11.6. The molecule has 5 atom stereocenters. The molecule has 6 aliphatic rings. The second-order valence-corrected chi connectivity index (χ2v) is 11.6. The van der Waals surface area contributed by atoms with E-state index in [0.29, 0.717) is 37.4 Å². The molecule has 36 heavy (non-hydrogen) atoms. The minimum Gasteiger partial charge on any atom is -0.507 e. The van der Waals surface area contributed by atoms with Crippen molar-refractivity contribution in [3.63, 3.8) is 0 Å². The van der Waals surface area contributed by atoms with Crippen LogP contribution in [0.1, 0.15) is 63.9 Å². The number of benzene rings is 2. The minimum atomic E-state index is -1.09. The first-order valence-corrected chi connectivity index (χ1v) is 13.0. The van der Waals surface area contributed by atoms with E-state index in [2.05, 4.69) is 4.90 Å². The van der Waals surface area contributed by atoms with Crippen LogP contribution in [0.4, 0.5) is 0 Å². The number of aliphatic hydroxyl groups is 1. The molecular formula is C28H28N2O6. The average molecular weight is 489 g/mol. The van der Waals surface area contributed by atoms with Crippen molar-refractivity contribution in [2.24, 2.45) is 5.92 Å². The van der Waals surface area contributed by atoms with Crippen LogP contribution >= 0.6 is 0 Å². The largest absolute Gasteiger partial charge is 0.507 e. The third kappa shape index (κ3) is 2.29. The van der Waals surface area contributed by atoms with E-state index in [9.17, 15) is 24.9 Å². The standard InChI is InChI=1S/C28H28N2O6/c31-18-3-1-2-16-21(18)26(34)30(25(16)33)17-8-9-28(35)20-12-15-6-7-19(32)23-22(15)27(28,24(17)36-23)10-11-29(20)13-14-4-5-14/h1-3,6-7,14,17,20,24,31-32,35H,4-5,8-13H2/t17-,20-,24+,27+,28-/m1/s1. The van der Waals surface area contributed by atoms with Crippen LogP contribution in [-0.4, -0.2) is 73.8 Å². The molecular weight excluding hydrogens is 460 g/mol. The summed E-state index contributed by atoms with van der Waals surface area (Å²) < 4.78 is 6.52. The number of carbonyl (C=O) groups is 2. The Hall–Kier alpha value is -3.10. The second kappa shape index (κ2) is 6.61. The van der Waals surface area contributed by atoms with Crippen molar-refractivity contribution in [2.75, 3.05) is 13.1 Å². The predicted molar refractivity (Wildman–Crippen MR) is 127 cm³/mol. The topological polar surface area (TPSA) is 111 Å². The van der Waals surface area contributed by atoms with Crippen LogP contribution in [0.2, 0.25) is 0 Å². The molecule has 0 aromatic heterocycles. The Labute approximate surface area is 208 Å². The number of imide groups is 1. The molecule has 2 saturated carbocycles. The number of ether oxygens (including phenoxy) is 1. The first-order chi connectivity index (χ1) is 17.3. The van der Waals surface area contributed by atoms with Crippen molar-refractivity contribution < 1.29 is 29.6 Å². The van der Waals surface area contributed by atoms with E-state index in [1.807, 2.05) is 6.07 Å². The summed E-state index contributed by atoms with van der Waals surface area (Å²) in [5, 5.41) is 33.8. The van der Waals surface area contributed by atoms with Gasteiger partial charge < -0.3 is 20.1 Å². The molecule has 2 aromatic carbocycles. The number of amides is 2. The Bertz CT molecular complexity index is 1370. The van der Waals surface area contributed by atoms with Crippen molar-refractivity contribution in [2.45, 2.75) is 67.7 Å². The average Bonchev–Trinajstić information content (AvgIpc) is 3.54. The zero-order valence-electron chi connectivity index (χ0n) is 19.8. The number of carbonyl (C=O) groups excluding carboxylic acids is 2. The molecule has 8 nitrogen and oxygen atoms in total. The van der Waals surface area contributed by atoms with Crippen molar-refractivity contribution >= 4 is 11.8 Å². The minimum absolute atomic E-state index is 0.0255. The molecule has 2 amide bonds. The van der Waals surface area contributed by atoms with E-state index >= 15 is 0 Å². The number of phenolic OH excluding ortho intramolecular Hbond substituents is 2. The summed E-state index contributed by atoms with van der Waals surface area (Å²) in [6, 6.07) is 7.45. The fraction of sp³-hybridized carbons (Fsp3) is 0.500. The van der Waals surface area contributed by atoms with Gasteiger partial charge >= 0.3 is 0 Å². The number of piperidine rings is 1. The quantitative estimate of drug-likeness (QED) is 0.569. The van der Waals surface area contributed by atoms with E-state index < -0.39 is 35.0 Å². The van der Waals surface area contributed by atoms with Crippen molar-refractivity contribution in [1.82, 2.24) is 9.80 Å². The van der Waals surface area contributed by atoms with Crippen molar-refractivity contribution in [3.8, 4) is 17.2 Å². The van der Waals surface area contributed by atoms with Gasteiger partial charge in [-0.05, 0) is 74.8 Å². The molecule has 3 N–H and O–H groups in total. The van der Waals surface area contributed by atoms with Gasteiger partial charge in [0, 0.05) is 18.2 Å². The summed E-state index contributed by atoms with van der Waals surface area (Å²) in [5.41, 5.74) is 0.245. The van der Waals surface area contributed by atoms with E-state index in [4.69, 9.17) is 4.74 Å². The number of hydrogen-bond donors (Lipinski definition) is 3. The molecule has 2 bridgehead atoms. The number of hydrogen-bond acceptors (Lipinski definition) is 7. The summed E-state index contributed by atoms with van der Waals surface area (Å²) in [4.78, 5) is 30.7. The highest BCUT2D eigenvalue weighted by Crippen LogP contribution is 2.66. The van der Waals surface area contributed by atoms with Gasteiger partial charge in [0.2, 0.25) is 0 Å². The SMILES string of the molecule is O=C1c2cccc(O)c2C(=O)N1[C@@H]1CC[C@@]2(O)[C@H]3Cc4ccc(O)c5c4[C@@]2(CCN3CC2CC2)[C@H]1O5. The maximum Gasteiger partial charge on any atom is 0.265 e. The Morgan fingerprint density at radius 2 is 1.83 bits per heavy atom. The van der Waals surface area contributed by atoms with Gasteiger partial charge in [0.1, 0.15) is 11.9 Å². The summed E-state index contributed by atoms with van der Waals surface area (Å²) in [6.45, 7) is 1.78. The van der Waals surface area contributed by atoms with Crippen LogP contribution in [0.5, 0.6) is 17.2 Å². The molecule has 1 spiro atoms. The van der Waals surface area contributed by atoms with Gasteiger partial charge in [-0.15, -0.1) is 0 Å². The smallest absolute Gasteiger partial charge is 0.265 e. The molecule has 1 saturated heterocycles. The molecule has 2 aromatic rings. The molecule has 3 aliphatic carbocycles. The Kier molecular flexibility index (Phi) is 3.86. The lowest BCUT2D eigenvalue weighted by molar-refractivity contribution is -0.196. The first-order valence-electron chi connectivity index (χ1n) is 13.0. The molecule has 0 radical (unpaired) electrons. The summed E-state index contributed by atoms with van der Waals surface area (Å²) in [5.74, 6) is -0.0745.